The molecular formula is C31H37N9O12P2. The number of phosphoric ester groups is 2. The van der Waals surface area contributed by atoms with Crippen LogP contribution in [0.15, 0.2) is 71.9 Å². The summed E-state index contributed by atoms with van der Waals surface area (Å²) in [6.07, 6.45) is -2.16. The number of fused-ring (bicyclic) bond motifs is 1. The minimum absolute atomic E-state index is 0.0683. The number of aliphatic hydroxyl groups excluding tert-OH is 2. The molecule has 1 aliphatic rings. The first-order chi connectivity index (χ1) is 25.8. The summed E-state index contributed by atoms with van der Waals surface area (Å²) >= 11 is 0. The number of phosphoric acid groups is 2. The highest BCUT2D eigenvalue weighted by Crippen LogP contribution is 2.60. The molecule has 21 nitrogen and oxygen atoms in total. The lowest BCUT2D eigenvalue weighted by molar-refractivity contribution is -0.121. The molecule has 288 valence electrons. The molecule has 1 amide bonds. The maximum absolute atomic E-state index is 12.5. The maximum Gasteiger partial charge on any atom is 0.481 e. The Morgan fingerprint density at radius 3 is 2.48 bits per heavy atom. The van der Waals surface area contributed by atoms with E-state index in [-0.39, 0.29) is 28.7 Å². The van der Waals surface area contributed by atoms with Gasteiger partial charge in [0.25, 0.3) is 5.56 Å². The summed E-state index contributed by atoms with van der Waals surface area (Å²) in [5.74, 6) is -0.342. The summed E-state index contributed by atoms with van der Waals surface area (Å²) in [4.78, 5) is 54.6. The van der Waals surface area contributed by atoms with Crippen LogP contribution in [0.1, 0.15) is 36.7 Å². The molecule has 4 unspecified atom stereocenters. The van der Waals surface area contributed by atoms with Crippen LogP contribution in [-0.4, -0.2) is 85.3 Å². The molecule has 23 heteroatoms. The van der Waals surface area contributed by atoms with Crippen molar-refractivity contribution in [2.75, 3.05) is 12.3 Å². The molecule has 2 aromatic carbocycles. The first kappa shape index (κ1) is 39.0. The fourth-order valence-corrected chi connectivity index (χ4v) is 7.58. The fourth-order valence-electron chi connectivity index (χ4n) is 5.53. The minimum atomic E-state index is -5.30. The Kier molecular flexibility index (Phi) is 12.1. The average molecular weight is 790 g/mol. The highest BCUT2D eigenvalue weighted by molar-refractivity contribution is 7.61. The van der Waals surface area contributed by atoms with E-state index in [0.29, 0.717) is 32.4 Å². The minimum Gasteiger partial charge on any atom is -0.387 e. The van der Waals surface area contributed by atoms with Gasteiger partial charge in [0, 0.05) is 19.5 Å². The molecule has 3 aromatic heterocycles. The van der Waals surface area contributed by atoms with Crippen LogP contribution in [0.2, 0.25) is 0 Å². The van der Waals surface area contributed by atoms with Crippen molar-refractivity contribution < 1.29 is 52.0 Å². The normalized spacial score (nSPS) is 20.8. The Morgan fingerprint density at radius 2 is 1.72 bits per heavy atom. The van der Waals surface area contributed by atoms with Gasteiger partial charge in [-0.1, -0.05) is 59.8 Å². The zero-order valence-electron chi connectivity index (χ0n) is 28.3. The molecule has 0 radical (unpaired) electrons. The quantitative estimate of drug-likeness (QED) is 0.0519. The Hall–Kier alpha value is -4.66. The van der Waals surface area contributed by atoms with Crippen molar-refractivity contribution in [1.82, 2.24) is 39.8 Å². The molecule has 0 saturated carbocycles. The number of hydrogen-bond acceptors (Lipinski definition) is 15. The standard InChI is InChI=1S/C31H37N9O12P2/c32-31-35-28-25(29(44)36-31)34-18-40(28)30-27(43)26(42)23(51-30)17-50-54(47,48)52-53(45,46)49-16-22-15-39(38-37-22)13-5-4-8-24(41)33-14-19-9-11-21(12-10-19)20-6-2-1-3-7-20/h1-3,6-7,9-12,15,18,23,26-27,30,42-43H,4-5,8,13-14,16-17H2,(H,33,41)(H,45,46)(H,47,48)(H3,32,35,36,44)/t23-,26?,27?,30-/m1/s1. The molecule has 1 aliphatic heterocycles. The summed E-state index contributed by atoms with van der Waals surface area (Å²) in [5.41, 5.74) is 8.01. The van der Waals surface area contributed by atoms with Crippen molar-refractivity contribution in [3.05, 3.63) is 88.7 Å². The van der Waals surface area contributed by atoms with Gasteiger partial charge in [0.15, 0.2) is 17.4 Å². The van der Waals surface area contributed by atoms with E-state index in [4.69, 9.17) is 19.5 Å². The molecule has 0 spiro atoms. The number of carbonyl (C=O) groups is 1. The third-order valence-electron chi connectivity index (χ3n) is 8.22. The molecule has 1 fully saturated rings. The molecule has 0 bridgehead atoms. The van der Waals surface area contributed by atoms with Gasteiger partial charge in [-0.05, 0) is 29.5 Å². The second-order valence-corrected chi connectivity index (χ2v) is 15.2. The van der Waals surface area contributed by atoms with E-state index >= 15 is 0 Å². The van der Waals surface area contributed by atoms with Gasteiger partial charge in [-0.25, -0.2) is 14.1 Å². The van der Waals surface area contributed by atoms with E-state index in [0.717, 1.165) is 27.6 Å². The third kappa shape index (κ3) is 9.90. The van der Waals surface area contributed by atoms with Gasteiger partial charge in [0.1, 0.15) is 30.6 Å². The number of aromatic amines is 1. The summed E-state index contributed by atoms with van der Waals surface area (Å²) in [5, 5.41) is 31.6. The third-order valence-corrected chi connectivity index (χ3v) is 10.8. The number of imidazole rings is 1. The lowest BCUT2D eigenvalue weighted by atomic mass is 10.0. The van der Waals surface area contributed by atoms with Crippen molar-refractivity contribution in [2.24, 2.45) is 0 Å². The number of H-pyrrole nitrogens is 1. The Bertz CT molecular complexity index is 2220. The molecule has 1 saturated heterocycles. The van der Waals surface area contributed by atoms with Crippen LogP contribution in [0, 0.1) is 0 Å². The van der Waals surface area contributed by atoms with Crippen LogP contribution >= 0.6 is 15.6 Å². The van der Waals surface area contributed by atoms with Crippen LogP contribution < -0.4 is 16.6 Å². The first-order valence-electron chi connectivity index (χ1n) is 16.5. The molecule has 6 rings (SSSR count). The number of ether oxygens (including phenoxy) is 1. The zero-order valence-corrected chi connectivity index (χ0v) is 30.1. The molecule has 54 heavy (non-hydrogen) atoms. The van der Waals surface area contributed by atoms with Gasteiger partial charge in [-0.15, -0.1) is 5.10 Å². The van der Waals surface area contributed by atoms with E-state index in [9.17, 15) is 38.7 Å². The molecule has 8 N–H and O–H groups in total. The van der Waals surface area contributed by atoms with Crippen molar-refractivity contribution in [2.45, 2.75) is 63.5 Å². The summed E-state index contributed by atoms with van der Waals surface area (Å²) < 4.78 is 46.9. The summed E-state index contributed by atoms with van der Waals surface area (Å²) in [6, 6.07) is 18.0. The van der Waals surface area contributed by atoms with Crippen molar-refractivity contribution in [3.8, 4) is 11.1 Å². The van der Waals surface area contributed by atoms with E-state index in [1.165, 1.54) is 10.9 Å². The largest absolute Gasteiger partial charge is 0.481 e. The number of anilines is 1. The number of aryl methyl sites for hydroxylation is 1. The highest BCUT2D eigenvalue weighted by atomic mass is 31.3. The van der Waals surface area contributed by atoms with Crippen molar-refractivity contribution in [1.29, 1.82) is 0 Å². The number of nitrogens with two attached hydrogens (primary N) is 1. The van der Waals surface area contributed by atoms with Gasteiger partial charge in [-0.2, -0.15) is 9.29 Å². The average Bonchev–Trinajstić information content (AvgIpc) is 3.85. The van der Waals surface area contributed by atoms with Gasteiger partial charge < -0.3 is 35.8 Å². The Morgan fingerprint density at radius 1 is 1.00 bits per heavy atom. The van der Waals surface area contributed by atoms with Gasteiger partial charge in [0.2, 0.25) is 11.9 Å². The van der Waals surface area contributed by atoms with Crippen LogP contribution in [0.5, 0.6) is 0 Å². The Balaban J connectivity index is 0.892. The SMILES string of the molecule is Nc1nc2c(ncn2[C@@H]2O[C@H](COP(=O)(O)OP(=O)(O)OCc3cn(CCCCC(=O)NCc4ccc(-c5ccccc5)cc4)nn3)C(O)C2O)c(=O)[nH]1. The lowest BCUT2D eigenvalue weighted by Gasteiger charge is -2.19. The smallest absolute Gasteiger partial charge is 0.387 e. The number of unbranched alkanes of at least 4 members (excludes halogenated alkanes) is 1. The number of nitrogens with zero attached hydrogens (tertiary/aromatic N) is 6. The zero-order chi connectivity index (χ0) is 38.5. The molecule has 6 atom stereocenters. The van der Waals surface area contributed by atoms with Crippen LogP contribution in [0.4, 0.5) is 5.95 Å². The number of nitrogen functional groups attached to an aromatic ring is 1. The number of carbonyl (C=O) groups excluding carboxylic acids is 1. The number of hydrogen-bond donors (Lipinski definition) is 7. The number of aliphatic hydroxyl groups is 2. The first-order valence-corrected chi connectivity index (χ1v) is 19.5. The monoisotopic (exact) mass is 789 g/mol. The summed E-state index contributed by atoms with van der Waals surface area (Å²) in [7, 11) is -10.5. The fraction of sp³-hybridized carbons (Fsp3) is 0.355. The maximum atomic E-state index is 12.5. The molecule has 0 aliphatic carbocycles. The molecule has 5 aromatic rings. The van der Waals surface area contributed by atoms with Gasteiger partial charge in [0.05, 0.1) is 19.1 Å². The van der Waals surface area contributed by atoms with Crippen LogP contribution in [0.25, 0.3) is 22.3 Å². The van der Waals surface area contributed by atoms with Gasteiger partial charge >= 0.3 is 15.6 Å². The summed E-state index contributed by atoms with van der Waals surface area (Å²) in [6.45, 7) is -0.715. The number of amides is 1. The van der Waals surface area contributed by atoms with E-state index in [2.05, 4.69) is 34.9 Å². The predicted octanol–water partition coefficient (Wildman–Crippen LogP) is 1.52. The lowest BCUT2D eigenvalue weighted by Crippen LogP contribution is -2.33. The number of nitrogens with one attached hydrogen (secondary N) is 2. The second kappa shape index (κ2) is 16.8. The number of rotatable bonds is 17. The van der Waals surface area contributed by atoms with E-state index < -0.39 is 59.0 Å². The molecule has 4 heterocycles. The van der Waals surface area contributed by atoms with Crippen molar-refractivity contribution in [3.63, 3.8) is 0 Å². The van der Waals surface area contributed by atoms with Crippen LogP contribution in [0.3, 0.4) is 0 Å². The van der Waals surface area contributed by atoms with Crippen LogP contribution in [-0.2, 0) is 51.7 Å². The van der Waals surface area contributed by atoms with Crippen molar-refractivity contribution >= 4 is 38.7 Å². The topological polar surface area (TPSA) is 301 Å². The van der Waals surface area contributed by atoms with Gasteiger partial charge in [-0.3, -0.25) is 32.9 Å². The molecular weight excluding hydrogens is 752 g/mol. The Labute approximate surface area is 305 Å². The number of aromatic nitrogens is 7. The van der Waals surface area contributed by atoms with E-state index in [1.54, 1.807) is 0 Å². The second-order valence-electron chi connectivity index (χ2n) is 12.2. The van der Waals surface area contributed by atoms with E-state index in [1.807, 2.05) is 54.6 Å². The predicted molar refractivity (Wildman–Crippen MR) is 188 cm³/mol. The highest BCUT2D eigenvalue weighted by Gasteiger charge is 2.46. The number of benzene rings is 2.